The summed E-state index contributed by atoms with van der Waals surface area (Å²) >= 11 is 13.6. The number of benzene rings is 1. The topological polar surface area (TPSA) is 126 Å². The summed E-state index contributed by atoms with van der Waals surface area (Å²) in [7, 11) is 0. The lowest BCUT2D eigenvalue weighted by Crippen LogP contribution is -2.16. The number of rotatable bonds is 8. The minimum atomic E-state index is -1.20. The average molecular weight is 523 g/mol. The highest BCUT2D eigenvalue weighted by Crippen LogP contribution is 2.39. The van der Waals surface area contributed by atoms with Crippen LogP contribution in [0.5, 0.6) is 5.75 Å². The van der Waals surface area contributed by atoms with Gasteiger partial charge in [0.05, 0.1) is 22.2 Å². The number of hydrogen-bond acceptors (Lipinski definition) is 7. The van der Waals surface area contributed by atoms with Crippen LogP contribution >= 0.6 is 34.5 Å². The quantitative estimate of drug-likeness (QED) is 0.280. The fourth-order valence-electron chi connectivity index (χ4n) is 3.49. The second-order valence-electron chi connectivity index (χ2n) is 7.26. The molecule has 0 saturated carbocycles. The number of carboxylic acids is 1. The maximum Gasteiger partial charge on any atom is 0.341 e. The number of carbonyl (C=O) groups excluding carboxylic acids is 2. The fourth-order valence-corrected chi connectivity index (χ4v) is 5.38. The van der Waals surface area contributed by atoms with Crippen LogP contribution in [-0.4, -0.2) is 36.2 Å². The highest BCUT2D eigenvalue weighted by molar-refractivity contribution is 7.17. The lowest BCUT2D eigenvalue weighted by molar-refractivity contribution is -0.139. The number of esters is 1. The minimum absolute atomic E-state index is 0.0194. The highest BCUT2D eigenvalue weighted by atomic mass is 35.5. The number of anilines is 1. The maximum absolute atomic E-state index is 12.9. The van der Waals surface area contributed by atoms with E-state index in [-0.39, 0.29) is 28.0 Å². The van der Waals surface area contributed by atoms with Gasteiger partial charge < -0.3 is 19.9 Å². The van der Waals surface area contributed by atoms with Crippen LogP contribution in [0.1, 0.15) is 46.1 Å². The zero-order valence-electron chi connectivity index (χ0n) is 18.1. The smallest absolute Gasteiger partial charge is 0.341 e. The molecular weight excluding hydrogens is 503 g/mol. The second kappa shape index (κ2) is 11.4. The van der Waals surface area contributed by atoms with Crippen molar-refractivity contribution in [3.05, 3.63) is 49.3 Å². The van der Waals surface area contributed by atoms with Gasteiger partial charge >= 0.3 is 11.9 Å². The maximum atomic E-state index is 12.9. The average Bonchev–Trinajstić information content (AvgIpc) is 3.14. The van der Waals surface area contributed by atoms with Gasteiger partial charge in [0.2, 0.25) is 0 Å². The van der Waals surface area contributed by atoms with Crippen molar-refractivity contribution >= 4 is 63.5 Å². The van der Waals surface area contributed by atoms with E-state index in [0.717, 1.165) is 36.1 Å². The van der Waals surface area contributed by atoms with Gasteiger partial charge in [-0.15, -0.1) is 11.3 Å². The summed E-state index contributed by atoms with van der Waals surface area (Å²) in [4.78, 5) is 37.2. The van der Waals surface area contributed by atoms with Crippen LogP contribution in [0, 0.1) is 11.3 Å². The van der Waals surface area contributed by atoms with E-state index in [1.165, 1.54) is 29.5 Å². The Morgan fingerprint density at radius 1 is 1.24 bits per heavy atom. The van der Waals surface area contributed by atoms with E-state index in [1.807, 2.05) is 6.07 Å². The van der Waals surface area contributed by atoms with Gasteiger partial charge in [-0.1, -0.05) is 23.2 Å². The van der Waals surface area contributed by atoms with E-state index >= 15 is 0 Å². The third-order valence-corrected chi connectivity index (χ3v) is 6.68. The molecule has 1 amide bonds. The van der Waals surface area contributed by atoms with Crippen LogP contribution < -0.4 is 10.1 Å². The van der Waals surface area contributed by atoms with E-state index < -0.39 is 24.5 Å². The molecule has 1 heterocycles. The number of carbonyl (C=O) groups is 3. The molecular formula is C23H20Cl2N2O6S. The standard InChI is InChI=1S/C23H20Cl2N2O6S/c1-2-32-23(31)19-14-5-3-4-6-17(14)34-22(19)27-21(30)13(10-26)7-12-8-15(24)20(16(25)9-12)33-11-18(28)29/h7-9H,2-6,11H2,1H3,(H,27,30)(H,28,29). The van der Waals surface area contributed by atoms with Gasteiger partial charge in [-0.25, -0.2) is 9.59 Å². The van der Waals surface area contributed by atoms with Crippen LogP contribution in [0.4, 0.5) is 5.00 Å². The predicted octanol–water partition coefficient (Wildman–Crippen LogP) is 5.12. The second-order valence-corrected chi connectivity index (χ2v) is 9.18. The largest absolute Gasteiger partial charge is 0.479 e. The van der Waals surface area contributed by atoms with E-state index in [9.17, 15) is 19.6 Å². The molecule has 1 aliphatic carbocycles. The van der Waals surface area contributed by atoms with Gasteiger partial charge in [0.15, 0.2) is 12.4 Å². The summed E-state index contributed by atoms with van der Waals surface area (Å²) in [5, 5.41) is 21.4. The molecule has 0 saturated heterocycles. The fraction of sp³-hybridized carbons (Fsp3) is 0.304. The lowest BCUT2D eigenvalue weighted by atomic mass is 9.95. The number of aryl methyl sites for hydroxylation is 1. The molecule has 3 rings (SSSR count). The Kier molecular flexibility index (Phi) is 8.56. The molecule has 0 atom stereocenters. The first-order valence-corrected chi connectivity index (χ1v) is 11.9. The molecule has 34 heavy (non-hydrogen) atoms. The molecule has 0 unspecified atom stereocenters. The Hall–Kier alpha value is -3.06. The van der Waals surface area contributed by atoms with Gasteiger partial charge in [-0.2, -0.15) is 5.26 Å². The molecule has 8 nitrogen and oxygen atoms in total. The number of thiophene rings is 1. The van der Waals surface area contributed by atoms with Crippen molar-refractivity contribution in [2.24, 2.45) is 0 Å². The van der Waals surface area contributed by atoms with Gasteiger partial charge in [-0.3, -0.25) is 4.79 Å². The van der Waals surface area contributed by atoms with Crippen molar-refractivity contribution < 1.29 is 29.0 Å². The van der Waals surface area contributed by atoms with Crippen LogP contribution in [0.25, 0.3) is 6.08 Å². The summed E-state index contributed by atoms with van der Waals surface area (Å²) in [6.45, 7) is 1.28. The summed E-state index contributed by atoms with van der Waals surface area (Å²) in [5.41, 5.74) is 1.33. The zero-order chi connectivity index (χ0) is 24.8. The Morgan fingerprint density at radius 2 is 1.91 bits per heavy atom. The van der Waals surface area contributed by atoms with Crippen LogP contribution in [0.15, 0.2) is 17.7 Å². The summed E-state index contributed by atoms with van der Waals surface area (Å²) in [6.07, 6.45) is 4.77. The summed E-state index contributed by atoms with van der Waals surface area (Å²) < 4.78 is 10.3. The van der Waals surface area contributed by atoms with E-state index in [0.29, 0.717) is 16.1 Å². The Bertz CT molecular complexity index is 1190. The zero-order valence-corrected chi connectivity index (χ0v) is 20.4. The first kappa shape index (κ1) is 25.6. The molecule has 0 bridgehead atoms. The number of nitrogens with zero attached hydrogens (tertiary/aromatic N) is 1. The number of carboxylic acid groups (broad SMARTS) is 1. The highest BCUT2D eigenvalue weighted by Gasteiger charge is 2.28. The van der Waals surface area contributed by atoms with Gasteiger partial charge in [0.25, 0.3) is 5.91 Å². The number of nitriles is 1. The van der Waals surface area contributed by atoms with Crippen LogP contribution in [-0.2, 0) is 27.2 Å². The number of hydrogen-bond donors (Lipinski definition) is 2. The number of amides is 1. The van der Waals surface area contributed by atoms with E-state index in [1.54, 1.807) is 6.92 Å². The van der Waals surface area contributed by atoms with Crippen LogP contribution in [0.2, 0.25) is 10.0 Å². The van der Waals surface area contributed by atoms with E-state index in [4.69, 9.17) is 37.8 Å². The van der Waals surface area contributed by atoms with Gasteiger partial charge in [-0.05, 0) is 61.9 Å². The molecule has 178 valence electrons. The molecule has 11 heteroatoms. The van der Waals surface area contributed by atoms with Crippen molar-refractivity contribution in [3.8, 4) is 11.8 Å². The molecule has 2 N–H and O–H groups in total. The Balaban J connectivity index is 1.89. The van der Waals surface area contributed by atoms with Crippen molar-refractivity contribution in [2.45, 2.75) is 32.6 Å². The number of ether oxygens (including phenoxy) is 2. The molecule has 0 aliphatic heterocycles. The molecule has 0 spiro atoms. The first-order chi connectivity index (χ1) is 16.2. The number of aliphatic carboxylic acids is 1. The molecule has 1 aromatic carbocycles. The first-order valence-electron chi connectivity index (χ1n) is 10.3. The molecule has 1 aromatic heterocycles. The Labute approximate surface area is 209 Å². The van der Waals surface area contributed by atoms with E-state index in [2.05, 4.69) is 5.32 Å². The third-order valence-electron chi connectivity index (χ3n) is 4.91. The lowest BCUT2D eigenvalue weighted by Gasteiger charge is -2.12. The summed E-state index contributed by atoms with van der Waals surface area (Å²) in [6, 6.07) is 4.63. The van der Waals surface area contributed by atoms with Crippen molar-refractivity contribution in [1.82, 2.24) is 0 Å². The number of fused-ring (bicyclic) bond motifs is 1. The van der Waals surface area contributed by atoms with Crippen LogP contribution in [0.3, 0.4) is 0 Å². The SMILES string of the molecule is CCOC(=O)c1c(NC(=O)C(C#N)=Cc2cc(Cl)c(OCC(=O)O)c(Cl)c2)sc2c1CCCC2. The van der Waals surface area contributed by atoms with Crippen molar-refractivity contribution in [2.75, 3.05) is 18.5 Å². The number of halogens is 2. The molecule has 0 fully saturated rings. The Morgan fingerprint density at radius 3 is 2.53 bits per heavy atom. The third kappa shape index (κ3) is 5.89. The number of nitrogens with one attached hydrogen (secondary N) is 1. The predicted molar refractivity (Wildman–Crippen MR) is 129 cm³/mol. The summed E-state index contributed by atoms with van der Waals surface area (Å²) in [5.74, 6) is -2.42. The monoisotopic (exact) mass is 522 g/mol. The molecule has 2 aromatic rings. The normalized spacial score (nSPS) is 12.9. The minimum Gasteiger partial charge on any atom is -0.479 e. The molecule has 1 aliphatic rings. The van der Waals surface area contributed by atoms with Gasteiger partial charge in [0, 0.05) is 4.88 Å². The van der Waals surface area contributed by atoms with Crippen molar-refractivity contribution in [3.63, 3.8) is 0 Å². The molecule has 0 radical (unpaired) electrons. The van der Waals surface area contributed by atoms with Crippen molar-refractivity contribution in [1.29, 1.82) is 5.26 Å². The van der Waals surface area contributed by atoms with Gasteiger partial charge in [0.1, 0.15) is 16.6 Å².